The van der Waals surface area contributed by atoms with E-state index in [1.54, 1.807) is 64.1 Å². The molecule has 0 saturated heterocycles. The Bertz CT molecular complexity index is 1790. The molecule has 1 aliphatic heterocycles. The zero-order chi connectivity index (χ0) is 30.8. The number of hydrogen-bond acceptors (Lipinski definition) is 5. The molecule has 0 bridgehead atoms. The first-order valence-corrected chi connectivity index (χ1v) is 15.1. The number of imidazole rings is 1. The monoisotopic (exact) mass is 660 g/mol. The Kier molecular flexibility index (Phi) is 8.90. The Morgan fingerprint density at radius 2 is 1.72 bits per heavy atom. The summed E-state index contributed by atoms with van der Waals surface area (Å²) in [5, 5.41) is 9.57. The molecule has 1 amide bonds. The van der Waals surface area contributed by atoms with Gasteiger partial charge in [-0.3, -0.25) is 18.7 Å². The normalized spacial score (nSPS) is 13.4. The minimum absolute atomic E-state index is 0.0136. The second-order valence-electron chi connectivity index (χ2n) is 10.8. The van der Waals surface area contributed by atoms with Gasteiger partial charge in [-0.15, -0.1) is 0 Å². The zero-order valence-corrected chi connectivity index (χ0v) is 26.4. The van der Waals surface area contributed by atoms with Crippen molar-refractivity contribution in [3.05, 3.63) is 115 Å². The summed E-state index contributed by atoms with van der Waals surface area (Å²) in [5.41, 5.74) is 2.83. The SMILES string of the molecule is CC(C)Oc1ccc(-n2c(C(=O)C[C@H](C)c3ccc(C#N)cc3)c3n(c2=O)CCN(C(=O)c2ccc(Br)c(Cl)c2)C3)cc1. The molecule has 3 aromatic carbocycles. The third-order valence-corrected chi connectivity index (χ3v) is 8.70. The van der Waals surface area contributed by atoms with E-state index in [1.807, 2.05) is 32.9 Å². The number of ketones is 1. The van der Waals surface area contributed by atoms with Crippen LogP contribution in [0.3, 0.4) is 0 Å². The van der Waals surface area contributed by atoms with Gasteiger partial charge in [0.2, 0.25) is 0 Å². The molecule has 1 atom stereocenters. The first kappa shape index (κ1) is 30.3. The highest BCUT2D eigenvalue weighted by atomic mass is 79.9. The van der Waals surface area contributed by atoms with Gasteiger partial charge in [0, 0.05) is 29.5 Å². The van der Waals surface area contributed by atoms with E-state index in [-0.39, 0.29) is 54.6 Å². The first-order valence-electron chi connectivity index (χ1n) is 14.0. The minimum Gasteiger partial charge on any atom is -0.491 e. The van der Waals surface area contributed by atoms with Gasteiger partial charge in [-0.2, -0.15) is 5.26 Å². The fraction of sp³-hybridized carbons (Fsp3) is 0.273. The van der Waals surface area contributed by atoms with Crippen LogP contribution in [0.1, 0.15) is 70.8 Å². The van der Waals surface area contributed by atoms with Crippen LogP contribution in [0.2, 0.25) is 5.02 Å². The number of ether oxygens (including phenoxy) is 1. The van der Waals surface area contributed by atoms with Crippen LogP contribution in [-0.4, -0.2) is 38.4 Å². The highest BCUT2D eigenvalue weighted by molar-refractivity contribution is 9.10. The summed E-state index contributed by atoms with van der Waals surface area (Å²) < 4.78 is 9.50. The molecule has 0 aliphatic carbocycles. The van der Waals surface area contributed by atoms with E-state index in [4.69, 9.17) is 21.6 Å². The Morgan fingerprint density at radius 3 is 2.35 bits per heavy atom. The molecular formula is C33H30BrClN4O4. The molecule has 0 unspecified atom stereocenters. The van der Waals surface area contributed by atoms with Crippen LogP contribution in [0.15, 0.2) is 76.0 Å². The Labute approximate surface area is 263 Å². The maximum atomic E-state index is 14.1. The summed E-state index contributed by atoms with van der Waals surface area (Å²) in [6, 6.07) is 21.3. The predicted molar refractivity (Wildman–Crippen MR) is 168 cm³/mol. The Morgan fingerprint density at radius 1 is 1.02 bits per heavy atom. The molecule has 0 N–H and O–H groups in total. The summed E-state index contributed by atoms with van der Waals surface area (Å²) in [6.45, 7) is 6.45. The van der Waals surface area contributed by atoms with Crippen LogP contribution in [0.25, 0.3) is 5.69 Å². The average Bonchev–Trinajstić information content (AvgIpc) is 3.29. The van der Waals surface area contributed by atoms with Crippen molar-refractivity contribution >= 4 is 39.2 Å². The first-order chi connectivity index (χ1) is 20.6. The summed E-state index contributed by atoms with van der Waals surface area (Å²) in [6.07, 6.45) is 0.119. The molecule has 10 heteroatoms. The van der Waals surface area contributed by atoms with Crippen molar-refractivity contribution in [1.29, 1.82) is 5.26 Å². The molecule has 1 aromatic heterocycles. The number of hydrogen-bond donors (Lipinski definition) is 0. The minimum atomic E-state index is -0.333. The number of benzene rings is 3. The molecule has 5 rings (SSSR count). The van der Waals surface area contributed by atoms with E-state index in [0.29, 0.717) is 44.3 Å². The lowest BCUT2D eigenvalue weighted by Gasteiger charge is -2.28. The number of amides is 1. The average molecular weight is 662 g/mol. The second kappa shape index (κ2) is 12.6. The van der Waals surface area contributed by atoms with Gasteiger partial charge in [0.15, 0.2) is 5.78 Å². The lowest BCUT2D eigenvalue weighted by Crippen LogP contribution is -2.41. The number of nitriles is 1. The summed E-state index contributed by atoms with van der Waals surface area (Å²) >= 11 is 9.61. The number of nitrogens with zero attached hydrogens (tertiary/aromatic N) is 4. The quantitative estimate of drug-likeness (QED) is 0.195. The van der Waals surface area contributed by atoms with Gasteiger partial charge in [-0.1, -0.05) is 30.7 Å². The fourth-order valence-electron chi connectivity index (χ4n) is 5.30. The van der Waals surface area contributed by atoms with E-state index in [2.05, 4.69) is 22.0 Å². The maximum Gasteiger partial charge on any atom is 0.333 e. The van der Waals surface area contributed by atoms with Gasteiger partial charge in [0.1, 0.15) is 11.4 Å². The second-order valence-corrected chi connectivity index (χ2v) is 12.1. The zero-order valence-electron chi connectivity index (χ0n) is 24.0. The largest absolute Gasteiger partial charge is 0.491 e. The summed E-state index contributed by atoms with van der Waals surface area (Å²) in [4.78, 5) is 43.1. The molecule has 4 aromatic rings. The van der Waals surface area contributed by atoms with Crippen molar-refractivity contribution in [3.63, 3.8) is 0 Å². The fourth-order valence-corrected chi connectivity index (χ4v) is 5.72. The van der Waals surface area contributed by atoms with Crippen molar-refractivity contribution in [3.8, 4) is 17.5 Å². The number of halogens is 2. The molecule has 0 spiro atoms. The van der Waals surface area contributed by atoms with E-state index < -0.39 is 0 Å². The van der Waals surface area contributed by atoms with Crippen molar-refractivity contribution < 1.29 is 14.3 Å². The van der Waals surface area contributed by atoms with E-state index in [9.17, 15) is 14.4 Å². The number of carbonyl (C=O) groups is 2. The van der Waals surface area contributed by atoms with Crippen molar-refractivity contribution in [2.45, 2.75) is 52.3 Å². The maximum absolute atomic E-state index is 14.1. The lowest BCUT2D eigenvalue weighted by molar-refractivity contribution is 0.0706. The number of aromatic nitrogens is 2. The highest BCUT2D eigenvalue weighted by Gasteiger charge is 2.32. The third kappa shape index (κ3) is 6.31. The van der Waals surface area contributed by atoms with Crippen LogP contribution in [0.4, 0.5) is 0 Å². The van der Waals surface area contributed by atoms with Crippen LogP contribution in [0.5, 0.6) is 5.75 Å². The molecule has 8 nitrogen and oxygen atoms in total. The Balaban J connectivity index is 1.54. The number of Topliss-reactive ketones (excluding diaryl/α,β-unsaturated/α-hetero) is 1. The number of rotatable bonds is 8. The molecule has 43 heavy (non-hydrogen) atoms. The standard InChI is InChI=1S/C33H30BrClN4O4/c1-20(2)43-26-11-9-25(10-12-26)39-31(30(40)16-21(3)23-6-4-22(18-36)5-7-23)29-19-37(14-15-38(29)33(39)42)32(41)24-8-13-27(34)28(35)17-24/h4-13,17,20-21H,14-16,19H2,1-3H3/t21-/m0/s1. The molecule has 0 saturated carbocycles. The van der Waals surface area contributed by atoms with Crippen LogP contribution < -0.4 is 10.4 Å². The summed E-state index contributed by atoms with van der Waals surface area (Å²) in [7, 11) is 0. The molecule has 2 heterocycles. The molecule has 220 valence electrons. The molecular weight excluding hydrogens is 632 g/mol. The van der Waals surface area contributed by atoms with Gasteiger partial charge in [0.25, 0.3) is 5.91 Å². The van der Waals surface area contributed by atoms with Gasteiger partial charge in [-0.25, -0.2) is 4.79 Å². The van der Waals surface area contributed by atoms with Crippen LogP contribution in [0, 0.1) is 11.3 Å². The van der Waals surface area contributed by atoms with Crippen LogP contribution >= 0.6 is 27.5 Å². The van der Waals surface area contributed by atoms with E-state index in [0.717, 1.165) is 5.56 Å². The molecule has 1 aliphatic rings. The van der Waals surface area contributed by atoms with Gasteiger partial charge in [-0.05, 0) is 95.9 Å². The molecule has 0 radical (unpaired) electrons. The van der Waals surface area contributed by atoms with Crippen LogP contribution in [-0.2, 0) is 13.1 Å². The lowest BCUT2D eigenvalue weighted by atomic mass is 9.93. The smallest absolute Gasteiger partial charge is 0.333 e. The highest BCUT2D eigenvalue weighted by Crippen LogP contribution is 2.29. The van der Waals surface area contributed by atoms with Gasteiger partial charge < -0.3 is 9.64 Å². The van der Waals surface area contributed by atoms with E-state index in [1.165, 1.54) is 4.57 Å². The number of fused-ring (bicyclic) bond motifs is 1. The van der Waals surface area contributed by atoms with Crippen molar-refractivity contribution in [2.75, 3.05) is 6.54 Å². The molecule has 0 fully saturated rings. The predicted octanol–water partition coefficient (Wildman–Crippen LogP) is 6.75. The van der Waals surface area contributed by atoms with E-state index >= 15 is 0 Å². The number of carbonyl (C=O) groups excluding carboxylic acids is 2. The van der Waals surface area contributed by atoms with Crippen molar-refractivity contribution in [2.24, 2.45) is 0 Å². The summed E-state index contributed by atoms with van der Waals surface area (Å²) in [5.74, 6) is 0.0296. The topological polar surface area (TPSA) is 97.3 Å². The third-order valence-electron chi connectivity index (χ3n) is 7.46. The van der Waals surface area contributed by atoms with Gasteiger partial charge in [0.05, 0.1) is 40.7 Å². The van der Waals surface area contributed by atoms with Gasteiger partial charge >= 0.3 is 5.69 Å². The Hall–Kier alpha value is -4.13. The van der Waals surface area contributed by atoms with Crippen molar-refractivity contribution in [1.82, 2.24) is 14.0 Å².